The van der Waals surface area contributed by atoms with E-state index in [-0.39, 0.29) is 18.4 Å². The van der Waals surface area contributed by atoms with Gasteiger partial charge >= 0.3 is 0 Å². The molecule has 1 aliphatic heterocycles. The third-order valence-corrected chi connectivity index (χ3v) is 4.41. The van der Waals surface area contributed by atoms with Crippen LogP contribution in [0, 0.1) is 0 Å². The predicted molar refractivity (Wildman–Crippen MR) is 98.1 cm³/mol. The molecule has 2 amide bonds. The minimum Gasteiger partial charge on any atom is -0.492 e. The number of carbonyl (C=O) groups excluding carboxylic acids is 2. The van der Waals surface area contributed by atoms with Gasteiger partial charge in [-0.1, -0.05) is 30.3 Å². The number of hydrogen-bond donors (Lipinski definition) is 1. The van der Waals surface area contributed by atoms with Crippen LogP contribution in [0.3, 0.4) is 0 Å². The molecular formula is C20H22N2O3. The average Bonchev–Trinajstić information content (AvgIpc) is 2.78. The molecule has 5 nitrogen and oxygen atoms in total. The second-order valence-electron chi connectivity index (χ2n) is 6.51. The van der Waals surface area contributed by atoms with Crippen molar-refractivity contribution in [2.75, 3.05) is 23.4 Å². The summed E-state index contributed by atoms with van der Waals surface area (Å²) in [5.41, 5.74) is 1.72. The Balaban J connectivity index is 1.79. The molecule has 0 saturated carbocycles. The standard InChI is InChI=1S/C20H22N2O3/c1-4-25-17-12-8-6-10-15(17)21-18(23)13-22-16-11-7-5-9-14(16)20(2,3)19(22)24/h5-12H,4,13H2,1-3H3,(H,21,23). The maximum absolute atomic E-state index is 12.8. The number of benzene rings is 2. The highest BCUT2D eigenvalue weighted by Gasteiger charge is 2.44. The number of nitrogens with one attached hydrogen (secondary N) is 1. The number of anilines is 2. The van der Waals surface area contributed by atoms with Crippen LogP contribution in [0.5, 0.6) is 5.75 Å². The Labute approximate surface area is 147 Å². The first-order valence-corrected chi connectivity index (χ1v) is 8.38. The van der Waals surface area contributed by atoms with Crippen molar-refractivity contribution in [1.82, 2.24) is 0 Å². The maximum Gasteiger partial charge on any atom is 0.244 e. The quantitative estimate of drug-likeness (QED) is 0.909. The van der Waals surface area contributed by atoms with Crippen molar-refractivity contribution in [3.63, 3.8) is 0 Å². The van der Waals surface area contributed by atoms with Crippen LogP contribution in [0.4, 0.5) is 11.4 Å². The maximum atomic E-state index is 12.8. The van der Waals surface area contributed by atoms with Crippen molar-refractivity contribution < 1.29 is 14.3 Å². The van der Waals surface area contributed by atoms with E-state index in [2.05, 4.69) is 5.32 Å². The zero-order valence-corrected chi connectivity index (χ0v) is 14.7. The van der Waals surface area contributed by atoms with Gasteiger partial charge in [-0.2, -0.15) is 0 Å². The smallest absolute Gasteiger partial charge is 0.244 e. The fraction of sp³-hybridized carbons (Fsp3) is 0.300. The molecule has 0 fully saturated rings. The zero-order valence-electron chi connectivity index (χ0n) is 14.7. The van der Waals surface area contributed by atoms with Gasteiger partial charge in [-0.15, -0.1) is 0 Å². The van der Waals surface area contributed by atoms with Gasteiger partial charge in [-0.05, 0) is 44.5 Å². The number of para-hydroxylation sites is 3. The summed E-state index contributed by atoms with van der Waals surface area (Å²) in [4.78, 5) is 26.8. The summed E-state index contributed by atoms with van der Waals surface area (Å²) < 4.78 is 5.52. The zero-order chi connectivity index (χ0) is 18.0. The predicted octanol–water partition coefficient (Wildman–Crippen LogP) is 3.35. The number of fused-ring (bicyclic) bond motifs is 1. The van der Waals surface area contributed by atoms with Crippen molar-refractivity contribution in [2.24, 2.45) is 0 Å². The van der Waals surface area contributed by atoms with Gasteiger partial charge in [0.1, 0.15) is 12.3 Å². The molecule has 0 bridgehead atoms. The molecule has 2 aromatic rings. The van der Waals surface area contributed by atoms with E-state index in [1.807, 2.05) is 57.2 Å². The molecule has 0 aromatic heterocycles. The second-order valence-corrected chi connectivity index (χ2v) is 6.51. The summed E-state index contributed by atoms with van der Waals surface area (Å²) in [5, 5.41) is 2.84. The highest BCUT2D eigenvalue weighted by molar-refractivity contribution is 6.11. The van der Waals surface area contributed by atoms with E-state index < -0.39 is 5.41 Å². The Morgan fingerprint density at radius 2 is 1.80 bits per heavy atom. The van der Waals surface area contributed by atoms with Gasteiger partial charge in [-0.25, -0.2) is 0 Å². The molecule has 0 spiro atoms. The van der Waals surface area contributed by atoms with E-state index >= 15 is 0 Å². The lowest BCUT2D eigenvalue weighted by Crippen LogP contribution is -2.40. The van der Waals surface area contributed by atoms with Crippen LogP contribution in [0.25, 0.3) is 0 Å². The van der Waals surface area contributed by atoms with Crippen molar-refractivity contribution in [2.45, 2.75) is 26.2 Å². The van der Waals surface area contributed by atoms with Gasteiger partial charge < -0.3 is 15.0 Å². The van der Waals surface area contributed by atoms with Crippen LogP contribution in [-0.4, -0.2) is 25.0 Å². The largest absolute Gasteiger partial charge is 0.492 e. The van der Waals surface area contributed by atoms with Crippen LogP contribution < -0.4 is 15.0 Å². The first-order valence-electron chi connectivity index (χ1n) is 8.38. The molecule has 0 atom stereocenters. The molecule has 5 heteroatoms. The van der Waals surface area contributed by atoms with Crippen molar-refractivity contribution >= 4 is 23.2 Å². The summed E-state index contributed by atoms with van der Waals surface area (Å²) in [6.45, 7) is 6.15. The lowest BCUT2D eigenvalue weighted by Gasteiger charge is -2.20. The Bertz CT molecular complexity index is 814. The molecule has 0 saturated heterocycles. The first kappa shape index (κ1) is 17.0. The number of hydrogen-bond acceptors (Lipinski definition) is 3. The Morgan fingerprint density at radius 1 is 1.12 bits per heavy atom. The minimum atomic E-state index is -0.625. The van der Waals surface area contributed by atoms with Crippen molar-refractivity contribution in [1.29, 1.82) is 0 Å². The van der Waals surface area contributed by atoms with Gasteiger partial charge in [-0.3, -0.25) is 9.59 Å². The van der Waals surface area contributed by atoms with Gasteiger partial charge in [0.2, 0.25) is 11.8 Å². The van der Waals surface area contributed by atoms with Gasteiger partial charge in [0, 0.05) is 5.69 Å². The molecule has 1 N–H and O–H groups in total. The van der Waals surface area contributed by atoms with Crippen molar-refractivity contribution in [3.8, 4) is 5.75 Å². The normalized spacial score (nSPS) is 15.0. The van der Waals surface area contributed by atoms with Gasteiger partial charge in [0.25, 0.3) is 0 Å². The molecule has 3 rings (SSSR count). The van der Waals surface area contributed by atoms with Crippen LogP contribution in [-0.2, 0) is 15.0 Å². The summed E-state index contributed by atoms with van der Waals surface area (Å²) in [5.74, 6) is 0.293. The van der Waals surface area contributed by atoms with E-state index in [0.717, 1.165) is 11.3 Å². The van der Waals surface area contributed by atoms with E-state index in [1.165, 1.54) is 0 Å². The molecule has 1 heterocycles. The number of carbonyl (C=O) groups is 2. The molecule has 130 valence electrons. The summed E-state index contributed by atoms with van der Waals surface area (Å²) in [6.07, 6.45) is 0. The van der Waals surface area contributed by atoms with E-state index in [9.17, 15) is 9.59 Å². The van der Waals surface area contributed by atoms with E-state index in [0.29, 0.717) is 18.0 Å². The van der Waals surface area contributed by atoms with Crippen molar-refractivity contribution in [3.05, 3.63) is 54.1 Å². The van der Waals surface area contributed by atoms with E-state index in [1.54, 1.807) is 17.0 Å². The molecular weight excluding hydrogens is 316 g/mol. The first-order chi connectivity index (χ1) is 11.9. The Morgan fingerprint density at radius 3 is 2.56 bits per heavy atom. The van der Waals surface area contributed by atoms with Crippen LogP contribution in [0.1, 0.15) is 26.3 Å². The molecule has 0 radical (unpaired) electrons. The Hall–Kier alpha value is -2.82. The SMILES string of the molecule is CCOc1ccccc1NC(=O)CN1C(=O)C(C)(C)c2ccccc21. The number of nitrogens with zero attached hydrogens (tertiary/aromatic N) is 1. The molecule has 1 aliphatic rings. The fourth-order valence-electron chi connectivity index (χ4n) is 3.14. The molecule has 0 unspecified atom stereocenters. The number of amides is 2. The highest BCUT2D eigenvalue weighted by atomic mass is 16.5. The molecule has 0 aliphatic carbocycles. The van der Waals surface area contributed by atoms with Gasteiger partial charge in [0.15, 0.2) is 0 Å². The van der Waals surface area contributed by atoms with E-state index in [4.69, 9.17) is 4.74 Å². The lowest BCUT2D eigenvalue weighted by molar-refractivity contribution is -0.124. The third-order valence-electron chi connectivity index (χ3n) is 4.41. The second kappa shape index (κ2) is 6.59. The number of rotatable bonds is 5. The van der Waals surface area contributed by atoms with Crippen LogP contribution in [0.2, 0.25) is 0 Å². The Kier molecular flexibility index (Phi) is 4.49. The molecule has 2 aromatic carbocycles. The summed E-state index contributed by atoms with van der Waals surface area (Å²) in [6, 6.07) is 14.9. The topological polar surface area (TPSA) is 58.6 Å². The average molecular weight is 338 g/mol. The van der Waals surface area contributed by atoms with Crippen LogP contribution >= 0.6 is 0 Å². The summed E-state index contributed by atoms with van der Waals surface area (Å²) in [7, 11) is 0. The highest BCUT2D eigenvalue weighted by Crippen LogP contribution is 2.41. The number of ether oxygens (including phenoxy) is 1. The monoisotopic (exact) mass is 338 g/mol. The van der Waals surface area contributed by atoms with Gasteiger partial charge in [0.05, 0.1) is 17.7 Å². The lowest BCUT2D eigenvalue weighted by atomic mass is 9.86. The third kappa shape index (κ3) is 3.09. The fourth-order valence-corrected chi connectivity index (χ4v) is 3.14. The van der Waals surface area contributed by atoms with Crippen LogP contribution in [0.15, 0.2) is 48.5 Å². The summed E-state index contributed by atoms with van der Waals surface area (Å²) >= 11 is 0. The minimum absolute atomic E-state index is 0.0280. The molecule has 25 heavy (non-hydrogen) atoms.